The Hall–Kier alpha value is -1.81. The minimum absolute atomic E-state index is 0.217. The van der Waals surface area contributed by atoms with Gasteiger partial charge in [0.15, 0.2) is 0 Å². The highest BCUT2D eigenvalue weighted by atomic mass is 16.5. The smallest absolute Gasteiger partial charge is 0.216 e. The first-order valence-electron chi connectivity index (χ1n) is 6.76. The molecule has 0 radical (unpaired) electrons. The minimum atomic E-state index is -0.918. The van der Waals surface area contributed by atoms with Gasteiger partial charge in [-0.2, -0.15) is 5.10 Å². The minimum Gasteiger partial charge on any atom is -0.475 e. The van der Waals surface area contributed by atoms with Gasteiger partial charge in [0.25, 0.3) is 0 Å². The van der Waals surface area contributed by atoms with E-state index in [1.165, 1.54) is 0 Å². The largest absolute Gasteiger partial charge is 0.475 e. The first-order chi connectivity index (χ1) is 9.31. The molecule has 0 aliphatic carbocycles. The van der Waals surface area contributed by atoms with E-state index in [1.807, 2.05) is 51.1 Å². The lowest BCUT2D eigenvalue weighted by Gasteiger charge is -2.36. The summed E-state index contributed by atoms with van der Waals surface area (Å²) in [6, 6.07) is 11.6. The van der Waals surface area contributed by atoms with Crippen LogP contribution in [-0.2, 0) is 0 Å². The summed E-state index contributed by atoms with van der Waals surface area (Å²) >= 11 is 0. The number of hydrogen-bond acceptors (Lipinski definition) is 3. The van der Waals surface area contributed by atoms with Crippen molar-refractivity contribution in [3.05, 3.63) is 42.6 Å². The molecule has 0 bridgehead atoms. The van der Waals surface area contributed by atoms with Crippen LogP contribution < -0.4 is 4.74 Å². The Morgan fingerprint density at radius 2 is 1.75 bits per heavy atom. The molecular weight excluding hydrogens is 252 g/mol. The summed E-state index contributed by atoms with van der Waals surface area (Å²) in [5, 5.41) is 14.7. The van der Waals surface area contributed by atoms with Crippen LogP contribution in [0.5, 0.6) is 5.88 Å². The first kappa shape index (κ1) is 14.6. The lowest BCUT2D eigenvalue weighted by Crippen LogP contribution is -2.45. The third-order valence-electron chi connectivity index (χ3n) is 3.73. The third-order valence-corrected chi connectivity index (χ3v) is 3.73. The van der Waals surface area contributed by atoms with Gasteiger partial charge in [-0.25, -0.2) is 4.68 Å². The molecule has 0 saturated heterocycles. The Bertz CT molecular complexity index is 553. The molecule has 0 spiro atoms. The molecule has 1 atom stereocenters. The molecule has 20 heavy (non-hydrogen) atoms. The molecule has 0 amide bonds. The van der Waals surface area contributed by atoms with E-state index >= 15 is 0 Å². The third kappa shape index (κ3) is 3.02. The van der Waals surface area contributed by atoms with Crippen LogP contribution in [0.15, 0.2) is 42.6 Å². The van der Waals surface area contributed by atoms with E-state index in [0.717, 1.165) is 5.69 Å². The van der Waals surface area contributed by atoms with Gasteiger partial charge in [0.1, 0.15) is 12.2 Å². The van der Waals surface area contributed by atoms with Gasteiger partial charge in [0.05, 0.1) is 11.9 Å². The fourth-order valence-corrected chi connectivity index (χ4v) is 1.59. The second-order valence-electron chi connectivity index (χ2n) is 6.23. The normalized spacial score (nSPS) is 14.8. The number of aliphatic hydroxyl groups is 1. The van der Waals surface area contributed by atoms with E-state index in [0.29, 0.717) is 5.88 Å². The number of nitrogens with zero attached hydrogens (tertiary/aromatic N) is 2. The Balaban J connectivity index is 2.15. The molecule has 2 rings (SSSR count). The van der Waals surface area contributed by atoms with Gasteiger partial charge < -0.3 is 9.84 Å². The van der Waals surface area contributed by atoms with Crippen LogP contribution in [0.1, 0.15) is 27.7 Å². The van der Waals surface area contributed by atoms with Gasteiger partial charge in [-0.3, -0.25) is 0 Å². The highest BCUT2D eigenvalue weighted by Crippen LogP contribution is 2.30. The number of rotatable bonds is 4. The van der Waals surface area contributed by atoms with Crippen molar-refractivity contribution in [3.63, 3.8) is 0 Å². The molecule has 0 aliphatic rings. The zero-order valence-electron chi connectivity index (χ0n) is 12.5. The molecule has 1 aromatic carbocycles. The van der Waals surface area contributed by atoms with Crippen molar-refractivity contribution in [3.8, 4) is 11.6 Å². The van der Waals surface area contributed by atoms with Gasteiger partial charge >= 0.3 is 0 Å². The van der Waals surface area contributed by atoms with Crippen LogP contribution in [0.25, 0.3) is 5.69 Å². The van der Waals surface area contributed by atoms with Crippen molar-refractivity contribution in [2.45, 2.75) is 33.3 Å². The van der Waals surface area contributed by atoms with Crippen LogP contribution in [0.3, 0.4) is 0 Å². The lowest BCUT2D eigenvalue weighted by atomic mass is 9.78. The van der Waals surface area contributed by atoms with Crippen LogP contribution in [-0.4, -0.2) is 27.1 Å². The maximum atomic E-state index is 10.5. The number of hydrogen-bond donors (Lipinski definition) is 1. The van der Waals surface area contributed by atoms with E-state index in [9.17, 15) is 5.11 Å². The average Bonchev–Trinajstić information content (AvgIpc) is 2.84. The number of benzene rings is 1. The number of aromatic nitrogens is 2. The van der Waals surface area contributed by atoms with Crippen molar-refractivity contribution in [2.75, 3.05) is 6.61 Å². The van der Waals surface area contributed by atoms with Crippen molar-refractivity contribution in [1.29, 1.82) is 0 Å². The molecule has 0 fully saturated rings. The zero-order chi connectivity index (χ0) is 14.8. The maximum absolute atomic E-state index is 10.5. The van der Waals surface area contributed by atoms with Crippen LogP contribution in [0.2, 0.25) is 0 Å². The molecule has 1 N–H and O–H groups in total. The van der Waals surface area contributed by atoms with Crippen molar-refractivity contribution in [1.82, 2.24) is 9.78 Å². The molecule has 108 valence electrons. The molecule has 4 heteroatoms. The summed E-state index contributed by atoms with van der Waals surface area (Å²) in [7, 11) is 0. The summed E-state index contributed by atoms with van der Waals surface area (Å²) in [5.41, 5.74) is -0.244. The summed E-state index contributed by atoms with van der Waals surface area (Å²) in [6.07, 6.45) is 1.69. The quantitative estimate of drug-likeness (QED) is 0.932. The van der Waals surface area contributed by atoms with E-state index in [1.54, 1.807) is 23.9 Å². The fraction of sp³-hybridized carbons (Fsp3) is 0.438. The maximum Gasteiger partial charge on any atom is 0.216 e. The Labute approximate surface area is 120 Å². The molecule has 1 heterocycles. The van der Waals surface area contributed by atoms with Gasteiger partial charge in [0.2, 0.25) is 5.88 Å². The van der Waals surface area contributed by atoms with E-state index in [-0.39, 0.29) is 12.0 Å². The highest BCUT2D eigenvalue weighted by Gasteiger charge is 2.36. The van der Waals surface area contributed by atoms with E-state index in [2.05, 4.69) is 5.10 Å². The molecule has 0 saturated carbocycles. The van der Waals surface area contributed by atoms with Crippen molar-refractivity contribution in [2.24, 2.45) is 5.41 Å². The standard InChI is InChI=1S/C16H22N2O2/c1-15(2,3)16(4,19)12-20-14-10-11-17-18(14)13-8-6-5-7-9-13/h5-11,19H,12H2,1-4H3/t16-/m1/s1. The summed E-state index contributed by atoms with van der Waals surface area (Å²) in [5.74, 6) is 0.626. The summed E-state index contributed by atoms with van der Waals surface area (Å²) in [6.45, 7) is 7.98. The second kappa shape index (κ2) is 5.29. The SMILES string of the molecule is CC(C)(C)[C@](C)(O)COc1ccnn1-c1ccccc1. The van der Waals surface area contributed by atoms with Crippen molar-refractivity contribution < 1.29 is 9.84 Å². The Morgan fingerprint density at radius 1 is 1.10 bits per heavy atom. The van der Waals surface area contributed by atoms with Crippen molar-refractivity contribution >= 4 is 0 Å². The fourth-order valence-electron chi connectivity index (χ4n) is 1.59. The summed E-state index contributed by atoms with van der Waals surface area (Å²) in [4.78, 5) is 0. The molecule has 4 nitrogen and oxygen atoms in total. The van der Waals surface area contributed by atoms with Gasteiger partial charge in [-0.05, 0) is 24.5 Å². The summed E-state index contributed by atoms with van der Waals surface area (Å²) < 4.78 is 7.49. The average molecular weight is 274 g/mol. The van der Waals surface area contributed by atoms with Crippen LogP contribution >= 0.6 is 0 Å². The second-order valence-corrected chi connectivity index (χ2v) is 6.23. The Morgan fingerprint density at radius 3 is 2.35 bits per heavy atom. The van der Waals surface area contributed by atoms with Gasteiger partial charge in [-0.1, -0.05) is 39.0 Å². The molecule has 1 aromatic heterocycles. The molecule has 0 aliphatic heterocycles. The lowest BCUT2D eigenvalue weighted by molar-refractivity contribution is -0.0737. The van der Waals surface area contributed by atoms with E-state index < -0.39 is 5.60 Å². The zero-order valence-corrected chi connectivity index (χ0v) is 12.5. The highest BCUT2D eigenvalue weighted by molar-refractivity contribution is 5.34. The predicted molar refractivity (Wildman–Crippen MR) is 79.1 cm³/mol. The van der Waals surface area contributed by atoms with Crippen LogP contribution in [0.4, 0.5) is 0 Å². The Kier molecular flexibility index (Phi) is 3.86. The number of para-hydroxylation sites is 1. The number of ether oxygens (including phenoxy) is 1. The predicted octanol–water partition coefficient (Wildman–Crippen LogP) is 3.05. The van der Waals surface area contributed by atoms with E-state index in [4.69, 9.17) is 4.74 Å². The molecule has 2 aromatic rings. The molecular formula is C16H22N2O2. The van der Waals surface area contributed by atoms with Gasteiger partial charge in [-0.15, -0.1) is 0 Å². The first-order valence-corrected chi connectivity index (χ1v) is 6.76. The van der Waals surface area contributed by atoms with Gasteiger partial charge in [0, 0.05) is 6.07 Å². The van der Waals surface area contributed by atoms with Crippen LogP contribution in [0, 0.1) is 5.41 Å². The molecule has 0 unspecified atom stereocenters. The topological polar surface area (TPSA) is 47.3 Å². The monoisotopic (exact) mass is 274 g/mol.